The Morgan fingerprint density at radius 1 is 0.917 bits per heavy atom. The summed E-state index contributed by atoms with van der Waals surface area (Å²) in [5.41, 5.74) is 1.19. The van der Waals surface area contributed by atoms with Crippen LogP contribution in [-0.4, -0.2) is 47.6 Å². The van der Waals surface area contributed by atoms with E-state index in [1.165, 1.54) is 31.0 Å². The van der Waals surface area contributed by atoms with Crippen molar-refractivity contribution in [2.24, 2.45) is 0 Å². The first-order valence-electron chi connectivity index (χ1n) is 8.81. The summed E-state index contributed by atoms with van der Waals surface area (Å²) in [6.45, 7) is 5.04. The topological polar surface area (TPSA) is 32.3 Å². The minimum atomic E-state index is -0.400. The van der Waals surface area contributed by atoms with E-state index in [2.05, 4.69) is 31.9 Å². The number of hydrogen-bond donors (Lipinski definition) is 0. The zero-order chi connectivity index (χ0) is 16.6. The summed E-state index contributed by atoms with van der Waals surface area (Å²) in [6, 6.07) is 11.1. The number of aromatic nitrogens is 2. The van der Waals surface area contributed by atoms with E-state index in [0.717, 1.165) is 45.0 Å². The normalized spacial score (nSPS) is 15.6. The van der Waals surface area contributed by atoms with Gasteiger partial charge in [0.25, 0.3) is 0 Å². The smallest absolute Gasteiger partial charge is 0.214 e. The van der Waals surface area contributed by atoms with E-state index in [-0.39, 0.29) is 0 Å². The van der Waals surface area contributed by atoms with Crippen LogP contribution in [0.2, 0.25) is 0 Å². The molecule has 0 spiro atoms. The van der Waals surface area contributed by atoms with Gasteiger partial charge in [-0.15, -0.1) is 0 Å². The predicted molar refractivity (Wildman–Crippen MR) is 94.6 cm³/mol. The Kier molecular flexibility index (Phi) is 6.13. The highest BCUT2D eigenvalue weighted by atomic mass is 19.1. The summed E-state index contributed by atoms with van der Waals surface area (Å²) in [7, 11) is 0. The van der Waals surface area contributed by atoms with Gasteiger partial charge in [-0.2, -0.15) is 4.39 Å². The molecule has 128 valence electrons. The molecule has 0 atom stereocenters. The Morgan fingerprint density at radius 3 is 2.54 bits per heavy atom. The van der Waals surface area contributed by atoms with Crippen molar-refractivity contribution < 1.29 is 4.39 Å². The Bertz CT molecular complexity index is 612. The molecule has 24 heavy (non-hydrogen) atoms. The molecule has 1 fully saturated rings. The summed E-state index contributed by atoms with van der Waals surface area (Å²) in [5.74, 6) is 0.354. The zero-order valence-electron chi connectivity index (χ0n) is 14.1. The van der Waals surface area contributed by atoms with Crippen molar-refractivity contribution >= 4 is 5.82 Å². The van der Waals surface area contributed by atoms with Gasteiger partial charge in [-0.25, -0.2) is 4.98 Å². The van der Waals surface area contributed by atoms with Crippen molar-refractivity contribution in [1.82, 2.24) is 14.9 Å². The molecule has 0 aliphatic carbocycles. The first kappa shape index (κ1) is 16.8. The molecule has 4 nitrogen and oxygen atoms in total. The van der Waals surface area contributed by atoms with Crippen LogP contribution in [0.1, 0.15) is 25.0 Å². The van der Waals surface area contributed by atoms with E-state index in [1.54, 1.807) is 6.07 Å². The van der Waals surface area contributed by atoms with E-state index in [9.17, 15) is 4.39 Å². The van der Waals surface area contributed by atoms with Gasteiger partial charge < -0.3 is 4.90 Å². The number of aryl methyl sites for hydroxylation is 1. The average Bonchev–Trinajstić information content (AvgIpc) is 2.63. The van der Waals surface area contributed by atoms with Crippen LogP contribution in [0.4, 0.5) is 10.2 Å². The standard InChI is InChI=1S/C19H25FN4/c20-18-9-6-10-19(22-18)24-15-13-23(14-16-24)12-5-1-2-7-17-8-3-4-11-21-17/h3-4,6,8-11H,1-2,5,7,12-16H2. The Balaban J connectivity index is 1.31. The molecule has 0 amide bonds. The lowest BCUT2D eigenvalue weighted by atomic mass is 10.1. The first-order chi connectivity index (χ1) is 11.8. The SMILES string of the molecule is Fc1cccc(N2CCN(CCCCCc3ccccn3)CC2)n1. The first-order valence-corrected chi connectivity index (χ1v) is 8.81. The van der Waals surface area contributed by atoms with Gasteiger partial charge in [0.2, 0.25) is 5.95 Å². The highest BCUT2D eigenvalue weighted by Gasteiger charge is 2.17. The van der Waals surface area contributed by atoms with E-state index in [4.69, 9.17) is 0 Å². The van der Waals surface area contributed by atoms with Crippen LogP contribution in [0.3, 0.4) is 0 Å². The molecule has 1 aliphatic heterocycles. The number of piperazine rings is 1. The second-order valence-corrected chi connectivity index (χ2v) is 6.28. The Morgan fingerprint density at radius 2 is 1.79 bits per heavy atom. The van der Waals surface area contributed by atoms with E-state index >= 15 is 0 Å². The molecule has 0 saturated carbocycles. The number of rotatable bonds is 7. The van der Waals surface area contributed by atoms with Crippen LogP contribution < -0.4 is 4.90 Å². The molecule has 0 radical (unpaired) electrons. The minimum Gasteiger partial charge on any atom is -0.354 e. The van der Waals surface area contributed by atoms with Crippen molar-refractivity contribution in [3.8, 4) is 0 Å². The predicted octanol–water partition coefficient (Wildman–Crippen LogP) is 3.15. The van der Waals surface area contributed by atoms with Gasteiger partial charge in [-0.3, -0.25) is 9.88 Å². The number of nitrogens with zero attached hydrogens (tertiary/aromatic N) is 4. The molecule has 0 bridgehead atoms. The monoisotopic (exact) mass is 328 g/mol. The van der Waals surface area contributed by atoms with Crippen LogP contribution in [0, 0.1) is 5.95 Å². The third-order valence-electron chi connectivity index (χ3n) is 4.53. The van der Waals surface area contributed by atoms with Gasteiger partial charge in [0.1, 0.15) is 5.82 Å². The van der Waals surface area contributed by atoms with Gasteiger partial charge in [0.15, 0.2) is 0 Å². The fourth-order valence-electron chi connectivity index (χ4n) is 3.14. The van der Waals surface area contributed by atoms with Crippen LogP contribution in [-0.2, 0) is 6.42 Å². The van der Waals surface area contributed by atoms with Gasteiger partial charge in [-0.05, 0) is 50.1 Å². The Labute approximate surface area is 143 Å². The minimum absolute atomic E-state index is 0.400. The fraction of sp³-hybridized carbons (Fsp3) is 0.474. The Hall–Kier alpha value is -2.01. The van der Waals surface area contributed by atoms with Gasteiger partial charge in [0, 0.05) is 38.1 Å². The maximum atomic E-state index is 13.2. The second kappa shape index (κ2) is 8.73. The summed E-state index contributed by atoms with van der Waals surface area (Å²) in [6.07, 6.45) is 6.60. The van der Waals surface area contributed by atoms with Crippen molar-refractivity contribution in [3.63, 3.8) is 0 Å². The largest absolute Gasteiger partial charge is 0.354 e. The van der Waals surface area contributed by atoms with E-state index in [1.807, 2.05) is 18.3 Å². The molecule has 0 aromatic carbocycles. The maximum absolute atomic E-state index is 13.2. The van der Waals surface area contributed by atoms with Crippen molar-refractivity contribution in [1.29, 1.82) is 0 Å². The maximum Gasteiger partial charge on any atom is 0.214 e. The van der Waals surface area contributed by atoms with Crippen LogP contribution in [0.15, 0.2) is 42.6 Å². The van der Waals surface area contributed by atoms with Crippen molar-refractivity contribution in [2.75, 3.05) is 37.6 Å². The summed E-state index contributed by atoms with van der Waals surface area (Å²) in [5, 5.41) is 0. The number of anilines is 1. The molecular weight excluding hydrogens is 303 g/mol. The molecule has 0 unspecified atom stereocenters. The number of hydrogen-bond acceptors (Lipinski definition) is 4. The molecule has 3 rings (SSSR count). The average molecular weight is 328 g/mol. The molecule has 2 aromatic heterocycles. The van der Waals surface area contributed by atoms with Crippen LogP contribution >= 0.6 is 0 Å². The van der Waals surface area contributed by atoms with Crippen LogP contribution in [0.5, 0.6) is 0 Å². The van der Waals surface area contributed by atoms with Gasteiger partial charge in [-0.1, -0.05) is 18.6 Å². The molecule has 0 N–H and O–H groups in total. The summed E-state index contributed by atoms with van der Waals surface area (Å²) in [4.78, 5) is 13.0. The fourth-order valence-corrected chi connectivity index (χ4v) is 3.14. The molecule has 5 heteroatoms. The highest BCUT2D eigenvalue weighted by Crippen LogP contribution is 2.14. The molecule has 1 aliphatic rings. The molecule has 3 heterocycles. The van der Waals surface area contributed by atoms with Gasteiger partial charge in [0.05, 0.1) is 0 Å². The third kappa shape index (κ3) is 4.99. The van der Waals surface area contributed by atoms with E-state index in [0.29, 0.717) is 0 Å². The van der Waals surface area contributed by atoms with E-state index < -0.39 is 5.95 Å². The van der Waals surface area contributed by atoms with Gasteiger partial charge >= 0.3 is 0 Å². The molecular formula is C19H25FN4. The lowest BCUT2D eigenvalue weighted by Gasteiger charge is -2.35. The lowest BCUT2D eigenvalue weighted by Crippen LogP contribution is -2.46. The van der Waals surface area contributed by atoms with Crippen molar-refractivity contribution in [2.45, 2.75) is 25.7 Å². The third-order valence-corrected chi connectivity index (χ3v) is 4.53. The number of unbranched alkanes of at least 4 members (excludes halogenated alkanes) is 2. The number of pyridine rings is 2. The molecule has 1 saturated heterocycles. The zero-order valence-corrected chi connectivity index (χ0v) is 14.1. The highest BCUT2D eigenvalue weighted by molar-refractivity contribution is 5.38. The van der Waals surface area contributed by atoms with Crippen LogP contribution in [0.25, 0.3) is 0 Å². The lowest BCUT2D eigenvalue weighted by molar-refractivity contribution is 0.251. The summed E-state index contributed by atoms with van der Waals surface area (Å²) >= 11 is 0. The quantitative estimate of drug-likeness (QED) is 0.577. The van der Waals surface area contributed by atoms with Crippen molar-refractivity contribution in [3.05, 3.63) is 54.2 Å². The number of halogens is 1. The second-order valence-electron chi connectivity index (χ2n) is 6.28. The molecule has 2 aromatic rings. The summed E-state index contributed by atoms with van der Waals surface area (Å²) < 4.78 is 13.2.